The number of anilines is 1. The van der Waals surface area contributed by atoms with E-state index in [4.69, 9.17) is 5.11 Å². The van der Waals surface area contributed by atoms with Crippen molar-refractivity contribution in [2.45, 2.75) is 32.2 Å². The topological polar surface area (TPSA) is 49.3 Å². The van der Waals surface area contributed by atoms with Crippen molar-refractivity contribution in [1.29, 1.82) is 0 Å². The van der Waals surface area contributed by atoms with E-state index in [1.807, 2.05) is 0 Å². The zero-order chi connectivity index (χ0) is 12.4. The third-order valence-corrected chi connectivity index (χ3v) is 3.44. The predicted octanol–water partition coefficient (Wildman–Crippen LogP) is 3.12. The molecule has 17 heavy (non-hydrogen) atoms. The van der Waals surface area contributed by atoms with E-state index in [-0.39, 0.29) is 17.3 Å². The summed E-state index contributed by atoms with van der Waals surface area (Å²) in [7, 11) is 0. The van der Waals surface area contributed by atoms with Crippen molar-refractivity contribution in [2.75, 3.05) is 5.32 Å². The molecule has 2 rings (SSSR count). The number of carboxylic acid groups (broad SMARTS) is 1. The van der Waals surface area contributed by atoms with E-state index in [0.29, 0.717) is 5.92 Å². The van der Waals surface area contributed by atoms with Crippen molar-refractivity contribution in [2.24, 2.45) is 5.92 Å². The summed E-state index contributed by atoms with van der Waals surface area (Å²) in [5.41, 5.74) is 0.128. The molecule has 0 bridgehead atoms. The van der Waals surface area contributed by atoms with Crippen molar-refractivity contribution < 1.29 is 14.3 Å². The zero-order valence-electron chi connectivity index (χ0n) is 9.74. The lowest BCUT2D eigenvalue weighted by molar-refractivity contribution is 0.0697. The van der Waals surface area contributed by atoms with Gasteiger partial charge in [0, 0.05) is 6.04 Å². The molecule has 4 heteroatoms. The molecule has 0 radical (unpaired) electrons. The largest absolute Gasteiger partial charge is 0.478 e. The van der Waals surface area contributed by atoms with Gasteiger partial charge in [0.1, 0.15) is 5.82 Å². The minimum atomic E-state index is -1.10. The summed E-state index contributed by atoms with van der Waals surface area (Å²) < 4.78 is 13.7. The number of carbonyl (C=O) groups is 1. The molecule has 2 atom stereocenters. The molecule has 0 spiro atoms. The van der Waals surface area contributed by atoms with Gasteiger partial charge in [-0.15, -0.1) is 0 Å². The summed E-state index contributed by atoms with van der Waals surface area (Å²) in [6.45, 7) is 2.10. The zero-order valence-corrected chi connectivity index (χ0v) is 9.74. The second-order valence-corrected chi connectivity index (χ2v) is 4.63. The smallest absolute Gasteiger partial charge is 0.337 e. The lowest BCUT2D eigenvalue weighted by Crippen LogP contribution is -2.24. The van der Waals surface area contributed by atoms with Gasteiger partial charge in [0.15, 0.2) is 0 Å². The van der Waals surface area contributed by atoms with E-state index in [1.165, 1.54) is 18.2 Å². The number of benzene rings is 1. The van der Waals surface area contributed by atoms with Crippen molar-refractivity contribution in [3.8, 4) is 0 Å². The van der Waals surface area contributed by atoms with Gasteiger partial charge in [0.2, 0.25) is 0 Å². The third-order valence-electron chi connectivity index (χ3n) is 3.44. The Balaban J connectivity index is 2.27. The Morgan fingerprint density at radius 3 is 2.82 bits per heavy atom. The number of nitrogens with one attached hydrogen (secondary N) is 1. The molecule has 3 nitrogen and oxygen atoms in total. The Hall–Kier alpha value is -1.58. The van der Waals surface area contributed by atoms with Crippen LogP contribution in [0.5, 0.6) is 0 Å². The summed E-state index contributed by atoms with van der Waals surface area (Å²) in [6.07, 6.45) is 3.18. The molecule has 2 unspecified atom stereocenters. The second kappa shape index (κ2) is 4.73. The average Bonchev–Trinajstić information content (AvgIpc) is 2.67. The lowest BCUT2D eigenvalue weighted by atomic mass is 10.0. The quantitative estimate of drug-likeness (QED) is 0.849. The molecule has 0 aliphatic heterocycles. The normalized spacial score (nSPS) is 23.6. The van der Waals surface area contributed by atoms with Crippen molar-refractivity contribution in [3.05, 3.63) is 29.6 Å². The van der Waals surface area contributed by atoms with Crippen LogP contribution in [-0.4, -0.2) is 17.1 Å². The van der Waals surface area contributed by atoms with Crippen LogP contribution in [0.4, 0.5) is 10.1 Å². The number of hydrogen-bond acceptors (Lipinski definition) is 2. The molecular weight excluding hydrogens is 221 g/mol. The fourth-order valence-corrected chi connectivity index (χ4v) is 2.39. The number of rotatable bonds is 3. The van der Waals surface area contributed by atoms with Crippen LogP contribution < -0.4 is 5.32 Å². The Morgan fingerprint density at radius 1 is 1.47 bits per heavy atom. The minimum Gasteiger partial charge on any atom is -0.478 e. The van der Waals surface area contributed by atoms with Gasteiger partial charge in [-0.1, -0.05) is 19.4 Å². The highest BCUT2D eigenvalue weighted by atomic mass is 19.1. The van der Waals surface area contributed by atoms with E-state index in [2.05, 4.69) is 12.2 Å². The molecule has 0 saturated heterocycles. The maximum Gasteiger partial charge on any atom is 0.337 e. The first kappa shape index (κ1) is 11.9. The Morgan fingerprint density at radius 2 is 2.24 bits per heavy atom. The highest BCUT2D eigenvalue weighted by Gasteiger charge is 2.25. The van der Waals surface area contributed by atoms with E-state index >= 15 is 0 Å². The summed E-state index contributed by atoms with van der Waals surface area (Å²) in [6, 6.07) is 4.30. The monoisotopic (exact) mass is 237 g/mol. The number of hydrogen-bond donors (Lipinski definition) is 2. The lowest BCUT2D eigenvalue weighted by Gasteiger charge is -2.20. The summed E-state index contributed by atoms with van der Waals surface area (Å²) >= 11 is 0. The van der Waals surface area contributed by atoms with Crippen LogP contribution >= 0.6 is 0 Å². The first-order valence-corrected chi connectivity index (χ1v) is 5.88. The Kier molecular flexibility index (Phi) is 3.31. The average molecular weight is 237 g/mol. The second-order valence-electron chi connectivity index (χ2n) is 4.63. The van der Waals surface area contributed by atoms with E-state index in [9.17, 15) is 9.18 Å². The number of para-hydroxylation sites is 1. The van der Waals surface area contributed by atoms with Gasteiger partial charge in [0.25, 0.3) is 0 Å². The molecule has 0 aromatic heterocycles. The highest BCUT2D eigenvalue weighted by molar-refractivity contribution is 5.94. The van der Waals surface area contributed by atoms with Crippen LogP contribution in [0.15, 0.2) is 18.2 Å². The maximum atomic E-state index is 13.7. The van der Waals surface area contributed by atoms with Gasteiger partial charge in [-0.2, -0.15) is 0 Å². The van der Waals surface area contributed by atoms with Crippen molar-refractivity contribution in [1.82, 2.24) is 0 Å². The van der Waals surface area contributed by atoms with E-state index < -0.39 is 11.8 Å². The summed E-state index contributed by atoms with van der Waals surface area (Å²) in [5.74, 6) is -1.14. The summed E-state index contributed by atoms with van der Waals surface area (Å²) in [4.78, 5) is 11.0. The molecule has 0 amide bonds. The van der Waals surface area contributed by atoms with Crippen molar-refractivity contribution in [3.63, 3.8) is 0 Å². The van der Waals surface area contributed by atoms with Crippen LogP contribution in [0.25, 0.3) is 0 Å². The van der Waals surface area contributed by atoms with Gasteiger partial charge in [-0.25, -0.2) is 9.18 Å². The van der Waals surface area contributed by atoms with E-state index in [0.717, 1.165) is 19.3 Å². The van der Waals surface area contributed by atoms with E-state index in [1.54, 1.807) is 0 Å². The van der Waals surface area contributed by atoms with Gasteiger partial charge in [0.05, 0.1) is 11.3 Å². The van der Waals surface area contributed by atoms with Crippen LogP contribution in [0.1, 0.15) is 36.5 Å². The number of halogens is 1. The fourth-order valence-electron chi connectivity index (χ4n) is 2.39. The van der Waals surface area contributed by atoms with Crippen LogP contribution in [0, 0.1) is 11.7 Å². The van der Waals surface area contributed by atoms with Crippen molar-refractivity contribution >= 4 is 11.7 Å². The molecular formula is C13H16FNO2. The molecule has 1 aliphatic carbocycles. The highest BCUT2D eigenvalue weighted by Crippen LogP contribution is 2.30. The summed E-state index contributed by atoms with van der Waals surface area (Å²) in [5, 5.41) is 12.1. The molecule has 0 heterocycles. The fraction of sp³-hybridized carbons (Fsp3) is 0.462. The first-order chi connectivity index (χ1) is 8.09. The standard InChI is InChI=1S/C13H16FNO2/c1-8-4-2-7-11(8)15-12-9(13(16)17)5-3-6-10(12)14/h3,5-6,8,11,15H,2,4,7H2,1H3,(H,16,17). The molecule has 1 fully saturated rings. The van der Waals surface area contributed by atoms with Gasteiger partial charge >= 0.3 is 5.97 Å². The Bertz CT molecular complexity index is 433. The number of carboxylic acids is 1. The first-order valence-electron chi connectivity index (χ1n) is 5.88. The third kappa shape index (κ3) is 2.40. The van der Waals surface area contributed by atoms with Gasteiger partial charge in [-0.3, -0.25) is 0 Å². The molecule has 1 aliphatic rings. The molecule has 1 aromatic rings. The van der Waals surface area contributed by atoms with Crippen LogP contribution in [0.3, 0.4) is 0 Å². The minimum absolute atomic E-state index is 0.00380. The molecule has 1 aromatic carbocycles. The maximum absolute atomic E-state index is 13.7. The number of aromatic carboxylic acids is 1. The molecule has 92 valence electrons. The molecule has 2 N–H and O–H groups in total. The van der Waals surface area contributed by atoms with Crippen LogP contribution in [0.2, 0.25) is 0 Å². The SMILES string of the molecule is CC1CCCC1Nc1c(F)cccc1C(=O)O. The molecule has 1 saturated carbocycles. The van der Waals surface area contributed by atoms with Crippen LogP contribution in [-0.2, 0) is 0 Å². The van der Waals surface area contributed by atoms with Gasteiger partial charge in [-0.05, 0) is 30.9 Å². The predicted molar refractivity (Wildman–Crippen MR) is 63.8 cm³/mol. The van der Waals surface area contributed by atoms with Gasteiger partial charge < -0.3 is 10.4 Å². The Labute approximate surface area is 99.7 Å².